The van der Waals surface area contributed by atoms with Crippen LogP contribution in [0.2, 0.25) is 0 Å². The van der Waals surface area contributed by atoms with Gasteiger partial charge in [0.25, 0.3) is 0 Å². The predicted octanol–water partition coefficient (Wildman–Crippen LogP) is 1.73. The molecule has 0 aliphatic carbocycles. The molecule has 5 heteroatoms. The standard InChI is InChI=1S/C6H4FNO2.Fe/c7-5-3-1-2-4-6(5)8(9)10;/h1-4H;. The summed E-state index contributed by atoms with van der Waals surface area (Å²) in [5, 5.41) is 9.99. The van der Waals surface area contributed by atoms with Gasteiger partial charge in [0.15, 0.2) is 0 Å². The van der Waals surface area contributed by atoms with Gasteiger partial charge in [0, 0.05) is 23.1 Å². The van der Waals surface area contributed by atoms with Gasteiger partial charge in [-0.25, -0.2) is 0 Å². The van der Waals surface area contributed by atoms with E-state index in [4.69, 9.17) is 0 Å². The summed E-state index contributed by atoms with van der Waals surface area (Å²) in [5.74, 6) is -0.799. The summed E-state index contributed by atoms with van der Waals surface area (Å²) < 4.78 is 12.4. The van der Waals surface area contributed by atoms with Crippen LogP contribution in [0.1, 0.15) is 0 Å². The molecule has 0 aliphatic heterocycles. The fraction of sp³-hybridized carbons (Fsp3) is 0. The Hall–Kier alpha value is -0.931. The van der Waals surface area contributed by atoms with Crippen molar-refractivity contribution in [3.05, 3.63) is 40.2 Å². The molecule has 0 aromatic heterocycles. The molecular weight excluding hydrogens is 193 g/mol. The summed E-state index contributed by atoms with van der Waals surface area (Å²) in [6.07, 6.45) is 0. The van der Waals surface area contributed by atoms with Crippen molar-refractivity contribution in [1.82, 2.24) is 0 Å². The van der Waals surface area contributed by atoms with Gasteiger partial charge in [0.2, 0.25) is 5.82 Å². The molecule has 0 saturated heterocycles. The molecule has 60 valence electrons. The minimum Gasteiger partial charge on any atom is -0.258 e. The van der Waals surface area contributed by atoms with Crippen molar-refractivity contribution >= 4 is 5.69 Å². The third-order valence-corrected chi connectivity index (χ3v) is 1.05. The average Bonchev–Trinajstić information content (AvgIpc) is 1.88. The topological polar surface area (TPSA) is 43.1 Å². The summed E-state index contributed by atoms with van der Waals surface area (Å²) in [6, 6.07) is 5.00. The van der Waals surface area contributed by atoms with Gasteiger partial charge >= 0.3 is 5.69 Å². The molecule has 3 nitrogen and oxygen atoms in total. The monoisotopic (exact) mass is 197 g/mol. The summed E-state index contributed by atoms with van der Waals surface area (Å²) in [7, 11) is 0. The zero-order chi connectivity index (χ0) is 7.56. The average molecular weight is 197 g/mol. The Morgan fingerprint density at radius 2 is 1.91 bits per heavy atom. The number of benzene rings is 1. The van der Waals surface area contributed by atoms with Gasteiger partial charge in [-0.15, -0.1) is 0 Å². The van der Waals surface area contributed by atoms with E-state index in [1.54, 1.807) is 0 Å². The number of nitrogens with zero attached hydrogens (tertiary/aromatic N) is 1. The first kappa shape index (κ1) is 10.1. The number of hydrogen-bond acceptors (Lipinski definition) is 2. The fourth-order valence-electron chi connectivity index (χ4n) is 0.600. The Bertz CT molecular complexity index is 267. The van der Waals surface area contributed by atoms with Gasteiger partial charge in [-0.2, -0.15) is 4.39 Å². The smallest absolute Gasteiger partial charge is 0.258 e. The van der Waals surface area contributed by atoms with Gasteiger partial charge in [-0.05, 0) is 6.07 Å². The molecule has 1 aromatic carbocycles. The first-order chi connectivity index (χ1) is 4.72. The van der Waals surface area contributed by atoms with E-state index in [0.717, 1.165) is 12.1 Å². The zero-order valence-electron chi connectivity index (χ0n) is 5.30. The predicted molar refractivity (Wildman–Crippen MR) is 33.1 cm³/mol. The van der Waals surface area contributed by atoms with Gasteiger partial charge in [0.05, 0.1) is 4.92 Å². The molecule has 11 heavy (non-hydrogen) atoms. The van der Waals surface area contributed by atoms with Crippen LogP contribution in [0.3, 0.4) is 0 Å². The van der Waals surface area contributed by atoms with Crippen LogP contribution in [0.15, 0.2) is 24.3 Å². The van der Waals surface area contributed by atoms with Crippen molar-refractivity contribution in [2.75, 3.05) is 0 Å². The van der Waals surface area contributed by atoms with E-state index >= 15 is 0 Å². The molecule has 0 aliphatic rings. The summed E-state index contributed by atoms with van der Waals surface area (Å²) in [4.78, 5) is 9.23. The normalized spacial score (nSPS) is 8.45. The van der Waals surface area contributed by atoms with E-state index in [2.05, 4.69) is 0 Å². The molecule has 0 unspecified atom stereocenters. The van der Waals surface area contributed by atoms with Crippen molar-refractivity contribution in [3.8, 4) is 0 Å². The molecule has 0 fully saturated rings. The van der Waals surface area contributed by atoms with E-state index in [9.17, 15) is 14.5 Å². The molecule has 1 aromatic rings. The summed E-state index contributed by atoms with van der Waals surface area (Å²) >= 11 is 0. The number of rotatable bonds is 1. The first-order valence-electron chi connectivity index (χ1n) is 2.61. The maximum absolute atomic E-state index is 12.4. The maximum atomic E-state index is 12.4. The largest absolute Gasteiger partial charge is 0.304 e. The Labute approximate surface area is 72.8 Å². The molecule has 0 saturated carbocycles. The molecule has 0 atom stereocenters. The van der Waals surface area contributed by atoms with Crippen LogP contribution in [0.5, 0.6) is 0 Å². The van der Waals surface area contributed by atoms with Crippen molar-refractivity contribution in [2.24, 2.45) is 0 Å². The number of halogens is 1. The molecule has 0 heterocycles. The van der Waals surface area contributed by atoms with Crippen LogP contribution < -0.4 is 0 Å². The summed E-state index contributed by atoms with van der Waals surface area (Å²) in [6.45, 7) is 0. The number of nitro groups is 1. The van der Waals surface area contributed by atoms with Gasteiger partial charge in [-0.1, -0.05) is 12.1 Å². The molecule has 0 amide bonds. The Morgan fingerprint density at radius 3 is 2.27 bits per heavy atom. The van der Waals surface area contributed by atoms with Crippen LogP contribution in [0, 0.1) is 15.9 Å². The second-order valence-corrected chi connectivity index (χ2v) is 1.71. The van der Waals surface area contributed by atoms with Crippen LogP contribution in [0.25, 0.3) is 0 Å². The maximum Gasteiger partial charge on any atom is 0.304 e. The van der Waals surface area contributed by atoms with Crippen molar-refractivity contribution in [2.45, 2.75) is 0 Å². The van der Waals surface area contributed by atoms with E-state index < -0.39 is 16.4 Å². The van der Waals surface area contributed by atoms with Crippen LogP contribution in [-0.4, -0.2) is 4.92 Å². The van der Waals surface area contributed by atoms with Gasteiger partial charge in [-0.3, -0.25) is 10.1 Å². The van der Waals surface area contributed by atoms with Gasteiger partial charge < -0.3 is 0 Å². The minimum absolute atomic E-state index is 0. The minimum atomic E-state index is -0.799. The van der Waals surface area contributed by atoms with Crippen molar-refractivity contribution < 1.29 is 26.4 Å². The van der Waals surface area contributed by atoms with Crippen LogP contribution in [-0.2, 0) is 17.1 Å². The Balaban J connectivity index is 0.000001000. The third kappa shape index (κ3) is 2.29. The Morgan fingerprint density at radius 1 is 1.36 bits per heavy atom. The van der Waals surface area contributed by atoms with Gasteiger partial charge in [0.1, 0.15) is 0 Å². The SMILES string of the molecule is O=[N+]([O-])c1ccccc1F.[Fe]. The van der Waals surface area contributed by atoms with Crippen LogP contribution >= 0.6 is 0 Å². The van der Waals surface area contributed by atoms with E-state index in [0.29, 0.717) is 0 Å². The molecule has 0 radical (unpaired) electrons. The van der Waals surface area contributed by atoms with E-state index in [1.807, 2.05) is 0 Å². The molecular formula is C6H4FFeNO2. The Kier molecular flexibility index (Phi) is 3.71. The number of nitro benzene ring substituents is 1. The summed E-state index contributed by atoms with van der Waals surface area (Å²) in [5.41, 5.74) is -0.484. The quantitative estimate of drug-likeness (QED) is 0.390. The fourth-order valence-corrected chi connectivity index (χ4v) is 0.600. The second kappa shape index (κ2) is 4.05. The molecule has 1 rings (SSSR count). The van der Waals surface area contributed by atoms with E-state index in [-0.39, 0.29) is 17.1 Å². The molecule has 0 N–H and O–H groups in total. The third-order valence-electron chi connectivity index (χ3n) is 1.05. The van der Waals surface area contributed by atoms with Crippen LogP contribution in [0.4, 0.5) is 10.1 Å². The first-order valence-corrected chi connectivity index (χ1v) is 2.61. The number of hydrogen-bond donors (Lipinski definition) is 0. The molecule has 0 spiro atoms. The molecule has 0 bridgehead atoms. The van der Waals surface area contributed by atoms with Crippen molar-refractivity contribution in [1.29, 1.82) is 0 Å². The van der Waals surface area contributed by atoms with E-state index in [1.165, 1.54) is 12.1 Å². The zero-order valence-corrected chi connectivity index (χ0v) is 6.41. The number of para-hydroxylation sites is 1. The second-order valence-electron chi connectivity index (χ2n) is 1.71. The van der Waals surface area contributed by atoms with Crippen molar-refractivity contribution in [3.63, 3.8) is 0 Å².